The summed E-state index contributed by atoms with van der Waals surface area (Å²) in [5.41, 5.74) is -0.224. The second-order valence-electron chi connectivity index (χ2n) is 6.53. The highest BCUT2D eigenvalue weighted by molar-refractivity contribution is 5.56. The van der Waals surface area contributed by atoms with E-state index in [1.807, 2.05) is 0 Å². The summed E-state index contributed by atoms with van der Waals surface area (Å²) in [5.74, 6) is 0.343. The van der Waals surface area contributed by atoms with E-state index in [-0.39, 0.29) is 11.2 Å². The first-order valence-corrected chi connectivity index (χ1v) is 7.66. The lowest BCUT2D eigenvalue weighted by Gasteiger charge is -2.35. The molecule has 0 amide bonds. The number of nitro groups is 1. The lowest BCUT2D eigenvalue weighted by molar-refractivity contribution is -0.384. The molecule has 0 spiro atoms. The first kappa shape index (κ1) is 16.6. The summed E-state index contributed by atoms with van der Waals surface area (Å²) in [6.07, 6.45) is 2.48. The zero-order valence-electron chi connectivity index (χ0n) is 13.6. The minimum atomic E-state index is -0.397. The number of anilines is 1. The number of rotatable bonds is 6. The molecule has 2 heterocycles. The van der Waals surface area contributed by atoms with Crippen LogP contribution in [0.5, 0.6) is 0 Å². The molecule has 0 bridgehead atoms. The van der Waals surface area contributed by atoms with E-state index in [4.69, 9.17) is 0 Å². The molecule has 1 aromatic rings. The van der Waals surface area contributed by atoms with Crippen molar-refractivity contribution < 1.29 is 4.92 Å². The molecule has 0 aromatic carbocycles. The maximum atomic E-state index is 11.1. The van der Waals surface area contributed by atoms with E-state index in [0.717, 1.165) is 39.1 Å². The monoisotopic (exact) mass is 307 g/mol. The number of piperazine rings is 1. The molecule has 1 saturated heterocycles. The quantitative estimate of drug-likeness (QED) is 0.638. The van der Waals surface area contributed by atoms with Gasteiger partial charge in [0.05, 0.1) is 4.92 Å². The second kappa shape index (κ2) is 7.02. The van der Waals surface area contributed by atoms with Gasteiger partial charge < -0.3 is 15.1 Å². The number of nitrogens with zero attached hydrogens (tertiary/aromatic N) is 4. The minimum Gasteiger partial charge on any atom is -0.359 e. The molecule has 0 aliphatic carbocycles. The summed E-state index contributed by atoms with van der Waals surface area (Å²) in [5, 5.41) is 14.3. The molecule has 7 heteroatoms. The average molecular weight is 307 g/mol. The van der Waals surface area contributed by atoms with E-state index < -0.39 is 4.92 Å². The zero-order chi connectivity index (χ0) is 16.2. The van der Waals surface area contributed by atoms with Crippen LogP contribution in [0.15, 0.2) is 18.3 Å². The van der Waals surface area contributed by atoms with Crippen LogP contribution in [0.3, 0.4) is 0 Å². The smallest absolute Gasteiger partial charge is 0.311 e. The topological polar surface area (TPSA) is 74.5 Å². The van der Waals surface area contributed by atoms with E-state index >= 15 is 0 Å². The van der Waals surface area contributed by atoms with Crippen LogP contribution < -0.4 is 5.32 Å². The van der Waals surface area contributed by atoms with Gasteiger partial charge in [0.2, 0.25) is 5.82 Å². The van der Waals surface area contributed by atoms with Crippen LogP contribution in [0.25, 0.3) is 0 Å². The Morgan fingerprint density at radius 2 is 2.05 bits per heavy atom. The Morgan fingerprint density at radius 3 is 2.68 bits per heavy atom. The largest absolute Gasteiger partial charge is 0.359 e. The van der Waals surface area contributed by atoms with Crippen LogP contribution in [-0.4, -0.2) is 65.0 Å². The molecule has 1 N–H and O–H groups in total. The molecule has 1 fully saturated rings. The van der Waals surface area contributed by atoms with E-state index in [0.29, 0.717) is 5.82 Å². The fourth-order valence-corrected chi connectivity index (χ4v) is 2.53. The van der Waals surface area contributed by atoms with Crippen LogP contribution in [0.2, 0.25) is 0 Å². The van der Waals surface area contributed by atoms with E-state index in [1.165, 1.54) is 6.07 Å². The van der Waals surface area contributed by atoms with Crippen LogP contribution in [0, 0.1) is 10.1 Å². The van der Waals surface area contributed by atoms with Crippen molar-refractivity contribution >= 4 is 11.5 Å². The van der Waals surface area contributed by atoms with Gasteiger partial charge in [-0.3, -0.25) is 10.1 Å². The summed E-state index contributed by atoms with van der Waals surface area (Å²) < 4.78 is 0. The molecule has 0 radical (unpaired) electrons. The van der Waals surface area contributed by atoms with Gasteiger partial charge in [-0.1, -0.05) is 0 Å². The molecule has 0 atom stereocenters. The predicted molar refractivity (Wildman–Crippen MR) is 87.1 cm³/mol. The summed E-state index contributed by atoms with van der Waals surface area (Å²) in [6.45, 7) is 9.45. The Bertz CT molecular complexity index is 512. The van der Waals surface area contributed by atoms with Gasteiger partial charge in [0, 0.05) is 50.5 Å². The summed E-state index contributed by atoms with van der Waals surface area (Å²) >= 11 is 0. The molecule has 1 aliphatic heterocycles. The summed E-state index contributed by atoms with van der Waals surface area (Å²) in [6, 6.07) is 3.06. The number of hydrogen-bond acceptors (Lipinski definition) is 6. The Kier molecular flexibility index (Phi) is 5.31. The number of aromatic nitrogens is 1. The molecule has 0 unspecified atom stereocenters. The van der Waals surface area contributed by atoms with Crippen molar-refractivity contribution in [1.29, 1.82) is 0 Å². The van der Waals surface area contributed by atoms with Crippen LogP contribution in [0.1, 0.15) is 20.3 Å². The van der Waals surface area contributed by atoms with E-state index in [1.54, 1.807) is 12.3 Å². The Labute approximate surface area is 131 Å². The predicted octanol–water partition coefficient (Wildman–Crippen LogP) is 1.82. The van der Waals surface area contributed by atoms with Gasteiger partial charge in [-0.05, 0) is 33.4 Å². The molecule has 0 saturated carbocycles. The maximum absolute atomic E-state index is 11.1. The fraction of sp³-hybridized carbons (Fsp3) is 0.667. The van der Waals surface area contributed by atoms with E-state index in [9.17, 15) is 10.1 Å². The van der Waals surface area contributed by atoms with Crippen LogP contribution in [0.4, 0.5) is 11.5 Å². The van der Waals surface area contributed by atoms with Crippen molar-refractivity contribution in [3.05, 3.63) is 28.4 Å². The highest BCUT2D eigenvalue weighted by Gasteiger charge is 2.24. The van der Waals surface area contributed by atoms with Crippen molar-refractivity contribution in [3.8, 4) is 0 Å². The Morgan fingerprint density at radius 1 is 1.36 bits per heavy atom. The highest BCUT2D eigenvalue weighted by atomic mass is 16.6. The summed E-state index contributed by atoms with van der Waals surface area (Å²) in [7, 11) is 2.14. The third-order valence-corrected chi connectivity index (χ3v) is 4.09. The molecule has 22 heavy (non-hydrogen) atoms. The average Bonchev–Trinajstić information content (AvgIpc) is 2.46. The lowest BCUT2D eigenvalue weighted by atomic mass is 10.00. The number of hydrogen-bond donors (Lipinski definition) is 1. The fourth-order valence-electron chi connectivity index (χ4n) is 2.53. The Hall–Kier alpha value is -1.73. The lowest BCUT2D eigenvalue weighted by Crippen LogP contribution is -2.46. The van der Waals surface area contributed by atoms with Gasteiger partial charge in [-0.2, -0.15) is 0 Å². The normalized spacial score (nSPS) is 17.4. The molecular formula is C15H25N5O2. The number of likely N-dealkylation sites (N-methyl/N-ethyl adjacent to an activating group) is 1. The molecule has 2 rings (SSSR count). The first-order chi connectivity index (χ1) is 10.4. The van der Waals surface area contributed by atoms with Gasteiger partial charge in [-0.15, -0.1) is 0 Å². The third kappa shape index (κ3) is 4.64. The minimum absolute atomic E-state index is 0.0233. The van der Waals surface area contributed by atoms with Gasteiger partial charge in [0.15, 0.2) is 0 Å². The molecule has 1 aliphatic rings. The van der Waals surface area contributed by atoms with Gasteiger partial charge in [0.1, 0.15) is 0 Å². The van der Waals surface area contributed by atoms with E-state index in [2.05, 4.69) is 41.0 Å². The van der Waals surface area contributed by atoms with Crippen molar-refractivity contribution in [3.63, 3.8) is 0 Å². The summed E-state index contributed by atoms with van der Waals surface area (Å²) in [4.78, 5) is 19.5. The maximum Gasteiger partial charge on any atom is 0.311 e. The second-order valence-corrected chi connectivity index (χ2v) is 6.53. The third-order valence-electron chi connectivity index (χ3n) is 4.09. The SMILES string of the molecule is CN1CCN(CCC(C)(C)Nc2ncccc2[N+](=O)[O-])CC1. The molecule has 1 aromatic heterocycles. The number of nitrogens with one attached hydrogen (secondary N) is 1. The van der Waals surface area contributed by atoms with Crippen molar-refractivity contribution in [2.24, 2.45) is 0 Å². The van der Waals surface area contributed by atoms with Gasteiger partial charge in [-0.25, -0.2) is 4.98 Å². The zero-order valence-corrected chi connectivity index (χ0v) is 13.6. The standard InChI is InChI=1S/C15H25N5O2/c1-15(2,6-8-19-11-9-18(3)10-12-19)17-14-13(20(21)22)5-4-7-16-14/h4-5,7H,6,8-12H2,1-3H3,(H,16,17). The van der Waals surface area contributed by atoms with Crippen LogP contribution >= 0.6 is 0 Å². The highest BCUT2D eigenvalue weighted by Crippen LogP contribution is 2.25. The van der Waals surface area contributed by atoms with Crippen LogP contribution in [-0.2, 0) is 0 Å². The Balaban J connectivity index is 1.92. The molecule has 7 nitrogen and oxygen atoms in total. The van der Waals surface area contributed by atoms with Crippen molar-refractivity contribution in [2.45, 2.75) is 25.8 Å². The first-order valence-electron chi connectivity index (χ1n) is 7.66. The van der Waals surface area contributed by atoms with Gasteiger partial charge >= 0.3 is 5.69 Å². The molecular weight excluding hydrogens is 282 g/mol. The van der Waals surface area contributed by atoms with Crippen molar-refractivity contribution in [2.75, 3.05) is 45.1 Å². The van der Waals surface area contributed by atoms with Gasteiger partial charge in [0.25, 0.3) is 0 Å². The van der Waals surface area contributed by atoms with Crippen molar-refractivity contribution in [1.82, 2.24) is 14.8 Å². The number of pyridine rings is 1. The molecule has 122 valence electrons.